The molecule has 9 nitrogen and oxygen atoms in total. The van der Waals surface area contributed by atoms with Crippen LogP contribution >= 0.6 is 11.3 Å². The first kappa shape index (κ1) is 20.7. The van der Waals surface area contributed by atoms with Gasteiger partial charge in [-0.2, -0.15) is 0 Å². The number of rotatable bonds is 6. The molecule has 1 saturated heterocycles. The lowest BCUT2D eigenvalue weighted by Gasteiger charge is -2.27. The molecular formula is C21H22N6O3S. The summed E-state index contributed by atoms with van der Waals surface area (Å²) < 4.78 is 1.09. The molecular weight excluding hydrogens is 416 g/mol. The molecule has 10 heteroatoms. The van der Waals surface area contributed by atoms with Crippen LogP contribution in [0, 0.1) is 0 Å². The van der Waals surface area contributed by atoms with Crippen molar-refractivity contribution in [3.05, 3.63) is 36.5 Å². The molecule has 160 valence electrons. The second-order valence-electron chi connectivity index (χ2n) is 7.71. The quantitative estimate of drug-likeness (QED) is 0.510. The molecule has 2 aromatic heterocycles. The number of nitrogens with one attached hydrogen (secondary N) is 3. The van der Waals surface area contributed by atoms with Crippen molar-refractivity contribution in [2.75, 3.05) is 23.7 Å². The highest BCUT2D eigenvalue weighted by molar-refractivity contribution is 7.22. The van der Waals surface area contributed by atoms with Crippen LogP contribution in [0.3, 0.4) is 0 Å². The molecule has 0 aliphatic carbocycles. The minimum absolute atomic E-state index is 0.111. The number of nitrogens with zero attached hydrogens (tertiary/aromatic N) is 3. The number of thiophene rings is 1. The van der Waals surface area contributed by atoms with Gasteiger partial charge < -0.3 is 15.5 Å². The second-order valence-corrected chi connectivity index (χ2v) is 8.79. The van der Waals surface area contributed by atoms with E-state index in [-0.39, 0.29) is 11.8 Å². The molecule has 31 heavy (non-hydrogen) atoms. The van der Waals surface area contributed by atoms with E-state index in [1.165, 1.54) is 11.8 Å². The molecule has 4 amide bonds. The van der Waals surface area contributed by atoms with Crippen molar-refractivity contribution in [2.24, 2.45) is 0 Å². The predicted molar refractivity (Wildman–Crippen MR) is 120 cm³/mol. The fraction of sp³-hybridized carbons (Fsp3) is 0.286. The van der Waals surface area contributed by atoms with Crippen LogP contribution in [0.2, 0.25) is 0 Å². The maximum atomic E-state index is 12.0. The van der Waals surface area contributed by atoms with Crippen LogP contribution in [0.5, 0.6) is 0 Å². The summed E-state index contributed by atoms with van der Waals surface area (Å²) in [6.07, 6.45) is 1.67. The summed E-state index contributed by atoms with van der Waals surface area (Å²) in [6.45, 7) is 5.65. The van der Waals surface area contributed by atoms with E-state index >= 15 is 0 Å². The number of aromatic nitrogens is 2. The van der Waals surface area contributed by atoms with Gasteiger partial charge in [0.15, 0.2) is 0 Å². The number of benzene rings is 1. The van der Waals surface area contributed by atoms with Crippen molar-refractivity contribution in [3.63, 3.8) is 0 Å². The van der Waals surface area contributed by atoms with Gasteiger partial charge >= 0.3 is 6.03 Å². The van der Waals surface area contributed by atoms with E-state index in [0.29, 0.717) is 19.0 Å². The number of urea groups is 1. The van der Waals surface area contributed by atoms with Crippen LogP contribution in [-0.2, 0) is 9.59 Å². The maximum Gasteiger partial charge on any atom is 0.325 e. The predicted octanol–water partition coefficient (Wildman–Crippen LogP) is 3.06. The Bertz CT molecular complexity index is 1190. The topological polar surface area (TPSA) is 116 Å². The van der Waals surface area contributed by atoms with Gasteiger partial charge in [0.1, 0.15) is 5.54 Å². The summed E-state index contributed by atoms with van der Waals surface area (Å²) in [5, 5.41) is 9.26. The highest BCUT2D eigenvalue weighted by atomic mass is 32.1. The molecule has 0 atom stereocenters. The van der Waals surface area contributed by atoms with Gasteiger partial charge in [-0.15, -0.1) is 11.3 Å². The monoisotopic (exact) mass is 438 g/mol. The number of carbonyl (C=O) groups is 3. The minimum atomic E-state index is -0.880. The maximum absolute atomic E-state index is 12.0. The Morgan fingerprint density at radius 3 is 2.74 bits per heavy atom. The second kappa shape index (κ2) is 7.95. The first-order valence-corrected chi connectivity index (χ1v) is 10.6. The average Bonchev–Trinajstić information content (AvgIpc) is 3.21. The molecule has 4 rings (SSSR count). The molecule has 1 aliphatic rings. The van der Waals surface area contributed by atoms with Gasteiger partial charge in [-0.25, -0.2) is 14.8 Å². The van der Waals surface area contributed by atoms with E-state index in [0.717, 1.165) is 26.3 Å². The fourth-order valence-corrected chi connectivity index (χ4v) is 4.40. The number of hydrogen-bond donors (Lipinski definition) is 3. The zero-order valence-electron chi connectivity index (χ0n) is 17.4. The van der Waals surface area contributed by atoms with Crippen LogP contribution in [0.25, 0.3) is 20.7 Å². The fourth-order valence-electron chi connectivity index (χ4n) is 3.39. The summed E-state index contributed by atoms with van der Waals surface area (Å²) in [7, 11) is 0. The Morgan fingerprint density at radius 2 is 2.03 bits per heavy atom. The lowest BCUT2D eigenvalue weighted by atomic mass is 10.0. The zero-order valence-corrected chi connectivity index (χ0v) is 18.2. The van der Waals surface area contributed by atoms with E-state index in [4.69, 9.17) is 0 Å². The molecule has 3 heterocycles. The smallest absolute Gasteiger partial charge is 0.325 e. The van der Waals surface area contributed by atoms with Gasteiger partial charge in [0, 0.05) is 36.6 Å². The number of fused-ring (bicyclic) bond motifs is 1. The van der Waals surface area contributed by atoms with Crippen molar-refractivity contribution < 1.29 is 14.4 Å². The molecule has 0 saturated carbocycles. The Kier molecular flexibility index (Phi) is 5.32. The van der Waals surface area contributed by atoms with E-state index in [1.54, 1.807) is 31.4 Å². The first-order chi connectivity index (χ1) is 14.7. The highest BCUT2D eigenvalue weighted by Crippen LogP contribution is 2.34. The normalized spacial score (nSPS) is 15.3. The van der Waals surface area contributed by atoms with E-state index in [1.807, 2.05) is 30.3 Å². The van der Waals surface area contributed by atoms with Crippen LogP contribution in [-0.4, -0.2) is 51.3 Å². The molecule has 1 aromatic carbocycles. The summed E-state index contributed by atoms with van der Waals surface area (Å²) in [5.74, 6) is 0.0280. The number of carbonyl (C=O) groups excluding carboxylic acids is 3. The summed E-state index contributed by atoms with van der Waals surface area (Å²) in [5.41, 5.74) is 0.644. The number of imide groups is 1. The minimum Gasteiger partial charge on any atom is -0.352 e. The third kappa shape index (κ3) is 4.19. The van der Waals surface area contributed by atoms with E-state index < -0.39 is 11.6 Å². The summed E-state index contributed by atoms with van der Waals surface area (Å²) >= 11 is 1.60. The largest absolute Gasteiger partial charge is 0.352 e. The van der Waals surface area contributed by atoms with E-state index in [2.05, 4.69) is 25.9 Å². The van der Waals surface area contributed by atoms with Crippen LogP contribution in [0.15, 0.2) is 36.5 Å². The van der Waals surface area contributed by atoms with Crippen molar-refractivity contribution in [1.82, 2.24) is 20.2 Å². The third-order valence-electron chi connectivity index (χ3n) is 5.06. The van der Waals surface area contributed by atoms with Gasteiger partial charge in [-0.1, -0.05) is 0 Å². The highest BCUT2D eigenvalue weighted by Gasteiger charge is 2.44. The number of anilines is 2. The van der Waals surface area contributed by atoms with Gasteiger partial charge in [0.05, 0.1) is 10.6 Å². The summed E-state index contributed by atoms with van der Waals surface area (Å²) in [6, 6.07) is 9.24. The van der Waals surface area contributed by atoms with Crippen LogP contribution in [0.4, 0.5) is 16.4 Å². The number of amides is 4. The van der Waals surface area contributed by atoms with Crippen LogP contribution < -0.4 is 16.0 Å². The average molecular weight is 439 g/mol. The molecule has 3 N–H and O–H groups in total. The zero-order chi connectivity index (χ0) is 22.2. The number of hydrogen-bond acceptors (Lipinski definition) is 7. The molecule has 1 aliphatic heterocycles. The Labute approximate surface area is 182 Å². The Balaban J connectivity index is 1.46. The Morgan fingerprint density at radius 1 is 1.23 bits per heavy atom. The lowest BCUT2D eigenvalue weighted by Crippen LogP contribution is -2.46. The third-order valence-corrected chi connectivity index (χ3v) is 6.20. The standard InChI is InChI=1S/C21H22N6O3S/c1-12(28)24-14-4-5-16-13(10-14)11-17(31-16)15-6-7-22-19(25-15)23-8-9-27-20(30)26-18(29)21(27,2)3/h4-7,10-11H,8-9H2,1-3H3,(H,24,28)(H,22,23,25)(H,26,29,30). The molecule has 0 spiro atoms. The van der Waals surface area contributed by atoms with Crippen molar-refractivity contribution >= 4 is 50.9 Å². The van der Waals surface area contributed by atoms with Gasteiger partial charge in [-0.05, 0) is 49.6 Å². The molecule has 0 radical (unpaired) electrons. The van der Waals surface area contributed by atoms with Crippen molar-refractivity contribution in [1.29, 1.82) is 0 Å². The summed E-state index contributed by atoms with van der Waals surface area (Å²) in [4.78, 5) is 46.4. The van der Waals surface area contributed by atoms with Crippen LogP contribution in [0.1, 0.15) is 20.8 Å². The Hall–Kier alpha value is -3.53. The molecule has 0 bridgehead atoms. The molecule has 1 fully saturated rings. The lowest BCUT2D eigenvalue weighted by molar-refractivity contribution is -0.125. The van der Waals surface area contributed by atoms with Gasteiger partial charge in [0.25, 0.3) is 5.91 Å². The van der Waals surface area contributed by atoms with Gasteiger partial charge in [0.2, 0.25) is 11.9 Å². The van der Waals surface area contributed by atoms with Gasteiger partial charge in [-0.3, -0.25) is 14.9 Å². The van der Waals surface area contributed by atoms with Crippen molar-refractivity contribution in [3.8, 4) is 10.6 Å². The van der Waals surface area contributed by atoms with E-state index in [9.17, 15) is 14.4 Å². The molecule has 3 aromatic rings. The SMILES string of the molecule is CC(=O)Nc1ccc2sc(-c3ccnc(NCCN4C(=O)NC(=O)C4(C)C)n3)cc2c1. The first-order valence-electron chi connectivity index (χ1n) is 9.75. The molecule has 0 unspecified atom stereocenters. The van der Waals surface area contributed by atoms with Crippen molar-refractivity contribution in [2.45, 2.75) is 26.3 Å².